The molecule has 0 heterocycles. The van der Waals surface area contributed by atoms with E-state index in [1.807, 2.05) is 18.2 Å². The van der Waals surface area contributed by atoms with Crippen molar-refractivity contribution in [3.8, 4) is 0 Å². The van der Waals surface area contributed by atoms with Gasteiger partial charge in [-0.25, -0.2) is 0 Å². The van der Waals surface area contributed by atoms with E-state index < -0.39 is 0 Å². The fourth-order valence-corrected chi connectivity index (χ4v) is 2.20. The first-order valence-electron chi connectivity index (χ1n) is 6.23. The van der Waals surface area contributed by atoms with Crippen molar-refractivity contribution in [3.05, 3.63) is 34.9 Å². The Kier molecular flexibility index (Phi) is 7.25. The summed E-state index contributed by atoms with van der Waals surface area (Å²) >= 11 is 5.99. The molecule has 0 spiro atoms. The minimum atomic E-state index is 0.508. The monoisotopic (exact) mass is 255 g/mol. The van der Waals surface area contributed by atoms with Crippen molar-refractivity contribution >= 4 is 11.6 Å². The van der Waals surface area contributed by atoms with Gasteiger partial charge in [0.05, 0.1) is 0 Å². The Morgan fingerprint density at radius 2 is 2.24 bits per heavy atom. The third kappa shape index (κ3) is 6.06. The van der Waals surface area contributed by atoms with Crippen LogP contribution in [0.5, 0.6) is 0 Å². The number of likely N-dealkylation sites (N-methyl/N-ethyl adjacent to an activating group) is 1. The van der Waals surface area contributed by atoms with Crippen molar-refractivity contribution in [1.82, 2.24) is 5.32 Å². The number of rotatable bonds is 8. The second kappa shape index (κ2) is 8.51. The number of benzene rings is 1. The molecule has 1 unspecified atom stereocenters. The van der Waals surface area contributed by atoms with Crippen LogP contribution >= 0.6 is 11.6 Å². The van der Waals surface area contributed by atoms with E-state index in [0.717, 1.165) is 37.4 Å². The third-order valence-corrected chi connectivity index (χ3v) is 3.00. The van der Waals surface area contributed by atoms with Crippen LogP contribution in [0.2, 0.25) is 5.02 Å². The highest BCUT2D eigenvalue weighted by molar-refractivity contribution is 6.30. The zero-order valence-electron chi connectivity index (χ0n) is 10.7. The summed E-state index contributed by atoms with van der Waals surface area (Å²) in [6.07, 6.45) is 3.25. The fraction of sp³-hybridized carbons (Fsp3) is 0.571. The first kappa shape index (κ1) is 14.5. The standard InChI is InChI=1S/C14H22ClNO/c1-3-16-14(8-5-9-17-2)11-12-6-4-7-13(15)10-12/h4,6-7,10,14,16H,3,5,8-9,11H2,1-2H3. The molecular formula is C14H22ClNO. The Hall–Kier alpha value is -0.570. The van der Waals surface area contributed by atoms with Gasteiger partial charge in [-0.15, -0.1) is 0 Å². The van der Waals surface area contributed by atoms with E-state index in [4.69, 9.17) is 16.3 Å². The maximum absolute atomic E-state index is 5.99. The Morgan fingerprint density at radius 3 is 2.88 bits per heavy atom. The Balaban J connectivity index is 2.47. The molecule has 0 aliphatic heterocycles. The third-order valence-electron chi connectivity index (χ3n) is 2.76. The Bertz CT molecular complexity index is 317. The van der Waals surface area contributed by atoms with Crippen LogP contribution in [0, 0.1) is 0 Å². The van der Waals surface area contributed by atoms with E-state index in [1.165, 1.54) is 5.56 Å². The van der Waals surface area contributed by atoms with E-state index in [0.29, 0.717) is 6.04 Å². The molecule has 96 valence electrons. The number of hydrogen-bond acceptors (Lipinski definition) is 2. The number of nitrogens with one attached hydrogen (secondary N) is 1. The van der Waals surface area contributed by atoms with Crippen molar-refractivity contribution in [1.29, 1.82) is 0 Å². The number of ether oxygens (including phenoxy) is 1. The molecule has 3 heteroatoms. The molecule has 0 aromatic heterocycles. The maximum Gasteiger partial charge on any atom is 0.0462 e. The molecule has 0 saturated carbocycles. The maximum atomic E-state index is 5.99. The molecule has 1 aromatic carbocycles. The number of hydrogen-bond donors (Lipinski definition) is 1. The van der Waals surface area contributed by atoms with Crippen molar-refractivity contribution < 1.29 is 4.74 Å². The van der Waals surface area contributed by atoms with Crippen LogP contribution in [0.25, 0.3) is 0 Å². The summed E-state index contributed by atoms with van der Waals surface area (Å²) in [7, 11) is 1.75. The van der Waals surface area contributed by atoms with Gasteiger partial charge in [-0.2, -0.15) is 0 Å². The molecule has 0 aliphatic carbocycles. The topological polar surface area (TPSA) is 21.3 Å². The summed E-state index contributed by atoms with van der Waals surface area (Å²) in [6, 6.07) is 8.61. The van der Waals surface area contributed by atoms with Crippen LogP contribution in [-0.2, 0) is 11.2 Å². The first-order chi connectivity index (χ1) is 8.26. The van der Waals surface area contributed by atoms with E-state index in [-0.39, 0.29) is 0 Å². The molecule has 1 aromatic rings. The molecule has 2 nitrogen and oxygen atoms in total. The van der Waals surface area contributed by atoms with Gasteiger partial charge < -0.3 is 10.1 Å². The second-order valence-electron chi connectivity index (χ2n) is 4.22. The Labute approximate surface area is 109 Å². The summed E-state index contributed by atoms with van der Waals surface area (Å²) in [5.74, 6) is 0. The average molecular weight is 256 g/mol. The van der Waals surface area contributed by atoms with Gasteiger partial charge in [0.15, 0.2) is 0 Å². The Morgan fingerprint density at radius 1 is 1.41 bits per heavy atom. The second-order valence-corrected chi connectivity index (χ2v) is 4.66. The van der Waals surface area contributed by atoms with Crippen LogP contribution < -0.4 is 5.32 Å². The minimum Gasteiger partial charge on any atom is -0.385 e. The van der Waals surface area contributed by atoms with Gasteiger partial charge in [0.2, 0.25) is 0 Å². The smallest absolute Gasteiger partial charge is 0.0462 e. The molecule has 17 heavy (non-hydrogen) atoms. The predicted molar refractivity (Wildman–Crippen MR) is 73.7 cm³/mol. The van der Waals surface area contributed by atoms with Crippen molar-refractivity contribution in [2.24, 2.45) is 0 Å². The van der Waals surface area contributed by atoms with E-state index >= 15 is 0 Å². The summed E-state index contributed by atoms with van der Waals surface area (Å²) in [6.45, 7) is 3.97. The van der Waals surface area contributed by atoms with Gasteiger partial charge >= 0.3 is 0 Å². The molecule has 1 rings (SSSR count). The molecule has 0 fully saturated rings. The number of halogens is 1. The van der Waals surface area contributed by atoms with Crippen LogP contribution in [0.1, 0.15) is 25.3 Å². The lowest BCUT2D eigenvalue weighted by Gasteiger charge is -2.17. The quantitative estimate of drug-likeness (QED) is 0.720. The van der Waals surface area contributed by atoms with Crippen molar-refractivity contribution in [3.63, 3.8) is 0 Å². The van der Waals surface area contributed by atoms with Crippen LogP contribution in [0.3, 0.4) is 0 Å². The summed E-state index contributed by atoms with van der Waals surface area (Å²) < 4.78 is 5.09. The number of methoxy groups -OCH3 is 1. The molecule has 0 bridgehead atoms. The van der Waals surface area contributed by atoms with Gasteiger partial charge in [0, 0.05) is 24.8 Å². The van der Waals surface area contributed by atoms with Crippen LogP contribution in [-0.4, -0.2) is 26.3 Å². The zero-order valence-corrected chi connectivity index (χ0v) is 11.5. The minimum absolute atomic E-state index is 0.508. The lowest BCUT2D eigenvalue weighted by molar-refractivity contribution is 0.188. The molecule has 0 saturated heterocycles. The summed E-state index contributed by atoms with van der Waals surface area (Å²) in [5, 5.41) is 4.33. The SMILES string of the molecule is CCNC(CCCOC)Cc1cccc(Cl)c1. The normalized spacial score (nSPS) is 12.6. The van der Waals surface area contributed by atoms with Gasteiger partial charge in [0.1, 0.15) is 0 Å². The summed E-state index contributed by atoms with van der Waals surface area (Å²) in [4.78, 5) is 0. The van der Waals surface area contributed by atoms with Crippen LogP contribution in [0.4, 0.5) is 0 Å². The van der Waals surface area contributed by atoms with Gasteiger partial charge in [-0.05, 0) is 43.5 Å². The lowest BCUT2D eigenvalue weighted by Crippen LogP contribution is -2.31. The average Bonchev–Trinajstić information content (AvgIpc) is 2.29. The first-order valence-corrected chi connectivity index (χ1v) is 6.60. The fourth-order valence-electron chi connectivity index (χ4n) is 1.99. The van der Waals surface area contributed by atoms with Crippen molar-refractivity contribution in [2.75, 3.05) is 20.3 Å². The van der Waals surface area contributed by atoms with Crippen LogP contribution in [0.15, 0.2) is 24.3 Å². The molecule has 0 aliphatic rings. The van der Waals surface area contributed by atoms with Gasteiger partial charge in [0.25, 0.3) is 0 Å². The molecule has 1 N–H and O–H groups in total. The largest absolute Gasteiger partial charge is 0.385 e. The van der Waals surface area contributed by atoms with E-state index in [9.17, 15) is 0 Å². The highest BCUT2D eigenvalue weighted by atomic mass is 35.5. The highest BCUT2D eigenvalue weighted by Crippen LogP contribution is 2.14. The molecule has 1 atom stereocenters. The molecule has 0 radical (unpaired) electrons. The predicted octanol–water partition coefficient (Wildman–Crippen LogP) is 3.29. The lowest BCUT2D eigenvalue weighted by atomic mass is 10.0. The summed E-state index contributed by atoms with van der Waals surface area (Å²) in [5.41, 5.74) is 1.29. The van der Waals surface area contributed by atoms with E-state index in [2.05, 4.69) is 18.3 Å². The van der Waals surface area contributed by atoms with Gasteiger partial charge in [-0.1, -0.05) is 30.7 Å². The highest BCUT2D eigenvalue weighted by Gasteiger charge is 2.08. The molecule has 0 amide bonds. The van der Waals surface area contributed by atoms with Gasteiger partial charge in [-0.3, -0.25) is 0 Å². The van der Waals surface area contributed by atoms with Crippen molar-refractivity contribution in [2.45, 2.75) is 32.2 Å². The van der Waals surface area contributed by atoms with E-state index in [1.54, 1.807) is 7.11 Å². The molecular weight excluding hydrogens is 234 g/mol. The zero-order chi connectivity index (χ0) is 12.5.